The number of nitrogens with one attached hydrogen (secondary N) is 1. The van der Waals surface area contributed by atoms with Crippen LogP contribution in [0, 0.1) is 0 Å². The van der Waals surface area contributed by atoms with Gasteiger partial charge < -0.3 is 15.3 Å². The smallest absolute Gasteiger partial charge is 0.253 e. The van der Waals surface area contributed by atoms with Crippen LogP contribution in [-0.4, -0.2) is 41.2 Å². The van der Waals surface area contributed by atoms with Gasteiger partial charge in [-0.1, -0.05) is 36.6 Å². The van der Waals surface area contributed by atoms with Gasteiger partial charge in [-0.15, -0.1) is 0 Å². The maximum atomic E-state index is 12.8. The van der Waals surface area contributed by atoms with E-state index in [2.05, 4.69) is 22.2 Å². The van der Waals surface area contributed by atoms with Crippen LogP contribution in [0.1, 0.15) is 48.9 Å². The number of anilines is 1. The first-order valence-corrected chi connectivity index (χ1v) is 10.4. The number of carbonyl (C=O) groups is 1. The minimum atomic E-state index is -0.471. The molecule has 1 aromatic heterocycles. The minimum absolute atomic E-state index is 0.186. The zero-order valence-corrected chi connectivity index (χ0v) is 16.8. The van der Waals surface area contributed by atoms with Crippen LogP contribution in [0.25, 0.3) is 11.1 Å². The molecule has 1 aromatic carbocycles. The quantitative estimate of drug-likeness (QED) is 0.796. The second kappa shape index (κ2) is 8.10. The molecule has 2 aromatic rings. The lowest BCUT2D eigenvalue weighted by Gasteiger charge is -2.28. The summed E-state index contributed by atoms with van der Waals surface area (Å²) >= 11 is 6.05. The first-order valence-electron chi connectivity index (χ1n) is 10.0. The molecular weight excluding hydrogens is 374 g/mol. The van der Waals surface area contributed by atoms with Gasteiger partial charge in [0.05, 0.1) is 17.7 Å². The minimum Gasteiger partial charge on any atom is -0.391 e. The van der Waals surface area contributed by atoms with Crippen molar-refractivity contribution in [3.05, 3.63) is 47.1 Å². The summed E-state index contributed by atoms with van der Waals surface area (Å²) in [5, 5.41) is 13.8. The largest absolute Gasteiger partial charge is 0.391 e. The van der Waals surface area contributed by atoms with Gasteiger partial charge >= 0.3 is 0 Å². The van der Waals surface area contributed by atoms with Gasteiger partial charge in [-0.3, -0.25) is 4.79 Å². The van der Waals surface area contributed by atoms with E-state index in [1.807, 2.05) is 30.3 Å². The fourth-order valence-corrected chi connectivity index (χ4v) is 4.00. The van der Waals surface area contributed by atoms with Crippen LogP contribution in [0.15, 0.2) is 36.5 Å². The van der Waals surface area contributed by atoms with Gasteiger partial charge in [0.2, 0.25) is 0 Å². The number of aliphatic hydroxyl groups excluding tert-OH is 1. The summed E-state index contributed by atoms with van der Waals surface area (Å²) in [6.45, 7) is 0. The Kier molecular flexibility index (Phi) is 5.56. The van der Waals surface area contributed by atoms with E-state index < -0.39 is 6.10 Å². The SMILES string of the molecule is CN(c1ncc(C(=O)N[C@@H]2CCCC[C@H]2O)cc1-c1ccc(Cl)cc1)C1CC1. The van der Waals surface area contributed by atoms with Crippen molar-refractivity contribution in [1.29, 1.82) is 0 Å². The number of halogens is 1. The van der Waals surface area contributed by atoms with E-state index in [1.165, 1.54) is 12.8 Å². The van der Waals surface area contributed by atoms with Crippen molar-refractivity contribution in [3.63, 3.8) is 0 Å². The molecule has 1 heterocycles. The highest BCUT2D eigenvalue weighted by Crippen LogP contribution is 2.36. The molecule has 0 bridgehead atoms. The number of hydrogen-bond acceptors (Lipinski definition) is 4. The van der Waals surface area contributed by atoms with Crippen molar-refractivity contribution in [2.75, 3.05) is 11.9 Å². The van der Waals surface area contributed by atoms with E-state index in [-0.39, 0.29) is 11.9 Å². The molecule has 0 spiro atoms. The third kappa shape index (κ3) is 4.15. The van der Waals surface area contributed by atoms with Crippen molar-refractivity contribution in [3.8, 4) is 11.1 Å². The van der Waals surface area contributed by atoms with Crippen molar-refractivity contribution in [2.24, 2.45) is 0 Å². The van der Waals surface area contributed by atoms with Crippen molar-refractivity contribution in [2.45, 2.75) is 56.7 Å². The molecule has 2 fully saturated rings. The summed E-state index contributed by atoms with van der Waals surface area (Å²) in [5.74, 6) is 0.688. The van der Waals surface area contributed by atoms with Crippen LogP contribution in [0.5, 0.6) is 0 Å². The Morgan fingerprint density at radius 1 is 1.18 bits per heavy atom. The summed E-state index contributed by atoms with van der Waals surface area (Å²) in [7, 11) is 2.05. The van der Waals surface area contributed by atoms with Gasteiger partial charge in [-0.2, -0.15) is 0 Å². The number of aromatic nitrogens is 1. The molecule has 0 radical (unpaired) electrons. The van der Waals surface area contributed by atoms with E-state index in [0.717, 1.165) is 42.6 Å². The Hall–Kier alpha value is -2.11. The Balaban J connectivity index is 1.64. The van der Waals surface area contributed by atoms with Gasteiger partial charge in [0.1, 0.15) is 5.82 Å². The predicted octanol–water partition coefficient (Wildman–Crippen LogP) is 4.03. The molecule has 0 unspecified atom stereocenters. The normalized spacial score (nSPS) is 22.0. The molecule has 2 atom stereocenters. The fraction of sp³-hybridized carbons (Fsp3) is 0.455. The van der Waals surface area contributed by atoms with Gasteiger partial charge in [0, 0.05) is 29.9 Å². The van der Waals surface area contributed by atoms with Gasteiger partial charge in [0.25, 0.3) is 5.91 Å². The third-order valence-corrected chi connectivity index (χ3v) is 6.01. The Morgan fingerprint density at radius 3 is 2.57 bits per heavy atom. The zero-order valence-electron chi connectivity index (χ0n) is 16.1. The van der Waals surface area contributed by atoms with E-state index in [1.54, 1.807) is 6.20 Å². The molecule has 6 heteroatoms. The standard InChI is InChI=1S/C22H26ClN3O2/c1-26(17-10-11-17)21-18(14-6-8-16(23)9-7-14)12-15(13-24-21)22(28)25-19-4-2-3-5-20(19)27/h6-9,12-13,17,19-20,27H,2-5,10-11H2,1H3,(H,25,28)/t19-,20-/m1/s1. The topological polar surface area (TPSA) is 65.5 Å². The van der Waals surface area contributed by atoms with Crippen LogP contribution >= 0.6 is 11.6 Å². The number of aliphatic hydroxyl groups is 1. The van der Waals surface area contributed by atoms with E-state index >= 15 is 0 Å². The number of rotatable bonds is 5. The average Bonchev–Trinajstić information content (AvgIpc) is 3.55. The molecule has 148 valence electrons. The number of benzene rings is 1. The van der Waals surface area contributed by atoms with Crippen molar-refractivity contribution in [1.82, 2.24) is 10.3 Å². The number of hydrogen-bond donors (Lipinski definition) is 2. The van der Waals surface area contributed by atoms with E-state index in [0.29, 0.717) is 16.6 Å². The molecular formula is C22H26ClN3O2. The molecule has 2 aliphatic carbocycles. The van der Waals surface area contributed by atoms with Crippen LogP contribution in [0.2, 0.25) is 5.02 Å². The maximum Gasteiger partial charge on any atom is 0.253 e. The molecule has 0 saturated heterocycles. The molecule has 0 aliphatic heterocycles. The molecule has 2 saturated carbocycles. The maximum absolute atomic E-state index is 12.8. The lowest BCUT2D eigenvalue weighted by molar-refractivity contribution is 0.0717. The summed E-state index contributed by atoms with van der Waals surface area (Å²) in [6, 6.07) is 9.83. The molecule has 1 amide bonds. The van der Waals surface area contributed by atoms with Crippen molar-refractivity contribution >= 4 is 23.3 Å². The van der Waals surface area contributed by atoms with E-state index in [9.17, 15) is 9.90 Å². The second-order valence-electron chi connectivity index (χ2n) is 7.88. The third-order valence-electron chi connectivity index (χ3n) is 5.76. The number of amides is 1. The van der Waals surface area contributed by atoms with Crippen LogP contribution in [-0.2, 0) is 0 Å². The predicted molar refractivity (Wildman–Crippen MR) is 112 cm³/mol. The molecule has 2 N–H and O–H groups in total. The molecule has 28 heavy (non-hydrogen) atoms. The molecule has 2 aliphatic rings. The average molecular weight is 400 g/mol. The second-order valence-corrected chi connectivity index (χ2v) is 8.31. The lowest BCUT2D eigenvalue weighted by Crippen LogP contribution is -2.45. The number of pyridine rings is 1. The zero-order chi connectivity index (χ0) is 19.7. The highest BCUT2D eigenvalue weighted by atomic mass is 35.5. The Labute approximate surface area is 170 Å². The number of nitrogens with zero attached hydrogens (tertiary/aromatic N) is 2. The van der Waals surface area contributed by atoms with Crippen molar-refractivity contribution < 1.29 is 9.90 Å². The van der Waals surface area contributed by atoms with Gasteiger partial charge in [0.15, 0.2) is 0 Å². The molecule has 4 rings (SSSR count). The van der Waals surface area contributed by atoms with Crippen LogP contribution in [0.3, 0.4) is 0 Å². The monoisotopic (exact) mass is 399 g/mol. The number of carbonyl (C=O) groups excluding carboxylic acids is 1. The van der Waals surface area contributed by atoms with E-state index in [4.69, 9.17) is 11.6 Å². The highest BCUT2D eigenvalue weighted by molar-refractivity contribution is 6.30. The highest BCUT2D eigenvalue weighted by Gasteiger charge is 2.30. The van der Waals surface area contributed by atoms with Crippen LogP contribution in [0.4, 0.5) is 5.82 Å². The first-order chi connectivity index (χ1) is 13.5. The van der Waals surface area contributed by atoms with Gasteiger partial charge in [-0.25, -0.2) is 4.98 Å². The fourth-order valence-electron chi connectivity index (χ4n) is 3.87. The van der Waals surface area contributed by atoms with Gasteiger partial charge in [-0.05, 0) is 49.4 Å². The summed E-state index contributed by atoms with van der Waals surface area (Å²) in [4.78, 5) is 19.7. The summed E-state index contributed by atoms with van der Waals surface area (Å²) in [6.07, 6.45) is 7.09. The Morgan fingerprint density at radius 2 is 1.89 bits per heavy atom. The first kappa shape index (κ1) is 19.2. The summed E-state index contributed by atoms with van der Waals surface area (Å²) in [5.41, 5.74) is 2.41. The summed E-state index contributed by atoms with van der Waals surface area (Å²) < 4.78 is 0. The Bertz CT molecular complexity index is 851. The lowest BCUT2D eigenvalue weighted by atomic mass is 9.92. The molecule has 5 nitrogen and oxygen atoms in total. The van der Waals surface area contributed by atoms with Crippen LogP contribution < -0.4 is 10.2 Å².